The molecule has 1 fully saturated rings. The molecule has 1 aliphatic rings. The van der Waals surface area contributed by atoms with Crippen molar-refractivity contribution in [2.45, 2.75) is 11.8 Å². The molecule has 0 spiro atoms. The van der Waals surface area contributed by atoms with Crippen LogP contribution in [0.1, 0.15) is 6.92 Å². The second-order valence-electron chi connectivity index (χ2n) is 5.44. The van der Waals surface area contributed by atoms with E-state index in [-0.39, 0.29) is 4.90 Å². The van der Waals surface area contributed by atoms with Gasteiger partial charge in [0.2, 0.25) is 10.0 Å². The molecule has 0 amide bonds. The summed E-state index contributed by atoms with van der Waals surface area (Å²) in [6, 6.07) is 5.13. The van der Waals surface area contributed by atoms with Crippen LogP contribution in [0.5, 0.6) is 0 Å². The van der Waals surface area contributed by atoms with Gasteiger partial charge in [0, 0.05) is 46.0 Å². The van der Waals surface area contributed by atoms with Crippen LogP contribution in [0, 0.1) is 0 Å². The first-order valence-corrected chi connectivity index (χ1v) is 8.59. The molecular weight excluding hydrogens is 288 g/mol. The van der Waals surface area contributed by atoms with E-state index in [0.29, 0.717) is 5.69 Å². The Balaban J connectivity index is 2.37. The largest absolute Gasteiger partial charge is 0.399 e. The first kappa shape index (κ1) is 16.1. The molecule has 0 atom stereocenters. The fourth-order valence-corrected chi connectivity index (χ4v) is 3.64. The van der Waals surface area contributed by atoms with Crippen LogP contribution in [0.4, 0.5) is 11.4 Å². The standard InChI is InChI=1S/C14H24N4O2S/c1-4-17-7-9-18(10-8-17)13-6-5-12(15)11-14(13)21(19,20)16(2)3/h5-6,11H,4,7-10,15H2,1-3H3. The number of nitrogens with zero attached hydrogens (tertiary/aromatic N) is 3. The summed E-state index contributed by atoms with van der Waals surface area (Å²) in [7, 11) is -0.422. The maximum Gasteiger partial charge on any atom is 0.244 e. The molecule has 1 aromatic rings. The van der Waals surface area contributed by atoms with Gasteiger partial charge in [-0.15, -0.1) is 0 Å². The quantitative estimate of drug-likeness (QED) is 0.827. The van der Waals surface area contributed by atoms with Crippen LogP contribution in [-0.2, 0) is 10.0 Å². The van der Waals surface area contributed by atoms with Gasteiger partial charge in [-0.25, -0.2) is 12.7 Å². The van der Waals surface area contributed by atoms with Crippen molar-refractivity contribution in [3.8, 4) is 0 Å². The van der Waals surface area contributed by atoms with Gasteiger partial charge in [-0.05, 0) is 24.7 Å². The Morgan fingerprint density at radius 2 is 1.81 bits per heavy atom. The van der Waals surface area contributed by atoms with E-state index in [1.54, 1.807) is 12.1 Å². The highest BCUT2D eigenvalue weighted by Gasteiger charge is 2.26. The third-order valence-corrected chi connectivity index (χ3v) is 5.75. The number of rotatable bonds is 4. The number of hydrogen-bond donors (Lipinski definition) is 1. The molecule has 2 rings (SSSR count). The van der Waals surface area contributed by atoms with E-state index in [4.69, 9.17) is 5.73 Å². The van der Waals surface area contributed by atoms with Crippen molar-refractivity contribution in [2.75, 3.05) is 57.5 Å². The van der Waals surface area contributed by atoms with Crippen LogP contribution in [-0.4, -0.2) is 64.4 Å². The lowest BCUT2D eigenvalue weighted by molar-refractivity contribution is 0.270. The van der Waals surface area contributed by atoms with Gasteiger partial charge in [0.05, 0.1) is 5.69 Å². The second-order valence-corrected chi connectivity index (χ2v) is 7.56. The molecular formula is C14H24N4O2S. The number of likely N-dealkylation sites (N-methyl/N-ethyl adjacent to an activating group) is 1. The third-order valence-electron chi connectivity index (χ3n) is 3.90. The van der Waals surface area contributed by atoms with Gasteiger partial charge in [-0.1, -0.05) is 6.92 Å². The first-order valence-electron chi connectivity index (χ1n) is 7.15. The molecule has 1 heterocycles. The van der Waals surface area contributed by atoms with Crippen LogP contribution >= 0.6 is 0 Å². The van der Waals surface area contributed by atoms with Crippen molar-refractivity contribution >= 4 is 21.4 Å². The minimum atomic E-state index is -3.50. The normalized spacial score (nSPS) is 17.4. The van der Waals surface area contributed by atoms with Crippen LogP contribution in [0.25, 0.3) is 0 Å². The summed E-state index contributed by atoms with van der Waals surface area (Å²) in [6.07, 6.45) is 0. The molecule has 0 unspecified atom stereocenters. The molecule has 0 bridgehead atoms. The fourth-order valence-electron chi connectivity index (χ4n) is 2.50. The number of benzene rings is 1. The van der Waals surface area contributed by atoms with Gasteiger partial charge in [-0.2, -0.15) is 0 Å². The lowest BCUT2D eigenvalue weighted by atomic mass is 10.2. The van der Waals surface area contributed by atoms with Gasteiger partial charge in [0.15, 0.2) is 0 Å². The van der Waals surface area contributed by atoms with Crippen molar-refractivity contribution in [3.63, 3.8) is 0 Å². The second kappa shape index (κ2) is 6.21. The minimum Gasteiger partial charge on any atom is -0.399 e. The topological polar surface area (TPSA) is 69.9 Å². The summed E-state index contributed by atoms with van der Waals surface area (Å²) in [5, 5.41) is 0. The highest BCUT2D eigenvalue weighted by molar-refractivity contribution is 7.89. The average molecular weight is 312 g/mol. The third kappa shape index (κ3) is 3.30. The van der Waals surface area contributed by atoms with Gasteiger partial charge >= 0.3 is 0 Å². The smallest absolute Gasteiger partial charge is 0.244 e. The molecule has 2 N–H and O–H groups in total. The van der Waals surface area contributed by atoms with E-state index in [2.05, 4.69) is 16.7 Å². The molecule has 0 saturated carbocycles. The summed E-state index contributed by atoms with van der Waals surface area (Å²) in [4.78, 5) is 4.77. The van der Waals surface area contributed by atoms with Crippen molar-refractivity contribution in [1.29, 1.82) is 0 Å². The predicted octanol–water partition coefficient (Wildman–Crippen LogP) is 0.661. The van der Waals surface area contributed by atoms with Crippen molar-refractivity contribution in [1.82, 2.24) is 9.21 Å². The number of nitrogens with two attached hydrogens (primary N) is 1. The van der Waals surface area contributed by atoms with E-state index in [1.807, 2.05) is 6.07 Å². The zero-order valence-corrected chi connectivity index (χ0v) is 13.7. The summed E-state index contributed by atoms with van der Waals surface area (Å²) in [5.41, 5.74) is 7.00. The van der Waals surface area contributed by atoms with Crippen molar-refractivity contribution in [2.24, 2.45) is 0 Å². The zero-order valence-electron chi connectivity index (χ0n) is 12.9. The van der Waals surface area contributed by atoms with Crippen LogP contribution in [0.15, 0.2) is 23.1 Å². The SMILES string of the molecule is CCN1CCN(c2ccc(N)cc2S(=O)(=O)N(C)C)CC1. The van der Waals surface area contributed by atoms with Crippen LogP contribution in [0.3, 0.4) is 0 Å². The Morgan fingerprint density at radius 1 is 1.19 bits per heavy atom. The fraction of sp³-hybridized carbons (Fsp3) is 0.571. The summed E-state index contributed by atoms with van der Waals surface area (Å²) >= 11 is 0. The minimum absolute atomic E-state index is 0.289. The number of hydrogen-bond acceptors (Lipinski definition) is 5. The molecule has 1 saturated heterocycles. The van der Waals surface area contributed by atoms with E-state index in [0.717, 1.165) is 38.4 Å². The van der Waals surface area contributed by atoms with E-state index >= 15 is 0 Å². The Kier molecular flexibility index (Phi) is 4.75. The lowest BCUT2D eigenvalue weighted by Crippen LogP contribution is -2.46. The molecule has 1 aliphatic heterocycles. The zero-order chi connectivity index (χ0) is 15.6. The molecule has 1 aromatic carbocycles. The first-order chi connectivity index (χ1) is 9.86. The number of anilines is 2. The number of piperazine rings is 1. The monoisotopic (exact) mass is 312 g/mol. The lowest BCUT2D eigenvalue weighted by Gasteiger charge is -2.36. The average Bonchev–Trinajstić information content (AvgIpc) is 2.47. The molecule has 0 aliphatic carbocycles. The summed E-state index contributed by atoms with van der Waals surface area (Å²) in [5.74, 6) is 0. The number of sulfonamides is 1. The van der Waals surface area contributed by atoms with Gasteiger partial charge < -0.3 is 15.5 Å². The van der Waals surface area contributed by atoms with Gasteiger partial charge in [0.1, 0.15) is 4.90 Å². The van der Waals surface area contributed by atoms with Crippen molar-refractivity contribution < 1.29 is 8.42 Å². The molecule has 7 heteroatoms. The van der Waals surface area contributed by atoms with Crippen molar-refractivity contribution in [3.05, 3.63) is 18.2 Å². The van der Waals surface area contributed by atoms with E-state index in [1.165, 1.54) is 18.4 Å². The van der Waals surface area contributed by atoms with Gasteiger partial charge in [-0.3, -0.25) is 0 Å². The van der Waals surface area contributed by atoms with Crippen LogP contribution in [0.2, 0.25) is 0 Å². The highest BCUT2D eigenvalue weighted by Crippen LogP contribution is 2.29. The van der Waals surface area contributed by atoms with E-state index in [9.17, 15) is 8.42 Å². The molecule has 0 aromatic heterocycles. The Morgan fingerprint density at radius 3 is 2.33 bits per heavy atom. The van der Waals surface area contributed by atoms with E-state index < -0.39 is 10.0 Å². The summed E-state index contributed by atoms with van der Waals surface area (Å²) < 4.78 is 26.2. The van der Waals surface area contributed by atoms with Gasteiger partial charge in [0.25, 0.3) is 0 Å². The maximum absolute atomic E-state index is 12.5. The maximum atomic E-state index is 12.5. The Bertz CT molecular complexity index is 593. The molecule has 0 radical (unpaired) electrons. The highest BCUT2D eigenvalue weighted by atomic mass is 32.2. The molecule has 118 valence electrons. The van der Waals surface area contributed by atoms with Crippen LogP contribution < -0.4 is 10.6 Å². The molecule has 21 heavy (non-hydrogen) atoms. The summed E-state index contributed by atoms with van der Waals surface area (Å²) in [6.45, 7) is 6.71. The number of nitrogen functional groups attached to an aromatic ring is 1. The Labute approximate surface area is 127 Å². The Hall–Kier alpha value is -1.31. The molecule has 6 nitrogen and oxygen atoms in total. The predicted molar refractivity (Wildman–Crippen MR) is 86.1 cm³/mol.